The van der Waals surface area contributed by atoms with Gasteiger partial charge in [-0.2, -0.15) is 0 Å². The maximum atomic E-state index is 3.88. The highest BCUT2D eigenvalue weighted by molar-refractivity contribution is 14.1. The number of benzene rings is 2. The smallest absolute Gasteiger partial charge is 0.0660 e. The Labute approximate surface area is 145 Å². The molecule has 0 spiro atoms. The van der Waals surface area contributed by atoms with Crippen LogP contribution >= 0.6 is 54.5 Å². The second kappa shape index (κ2) is 6.27. The molecular weight excluding hydrogens is 479 g/mol. The van der Waals surface area contributed by atoms with Crippen LogP contribution < -0.4 is 0 Å². The van der Waals surface area contributed by atoms with E-state index in [9.17, 15) is 0 Å². The molecule has 0 aromatic heterocycles. The maximum Gasteiger partial charge on any atom is 0.0660 e. The molecule has 0 aliphatic heterocycles. The topological polar surface area (TPSA) is 0 Å². The predicted octanol–water partition coefficient (Wildman–Crippen LogP) is 6.46. The normalized spacial score (nSPS) is 12.5. The summed E-state index contributed by atoms with van der Waals surface area (Å²) in [6, 6.07) is 10.9. The van der Waals surface area contributed by atoms with E-state index in [1.54, 1.807) is 0 Å². The van der Waals surface area contributed by atoms with Gasteiger partial charge in [0.2, 0.25) is 0 Å². The van der Waals surface area contributed by atoms with Gasteiger partial charge in [-0.25, -0.2) is 0 Å². The van der Waals surface area contributed by atoms with Crippen molar-refractivity contribution in [3.8, 4) is 0 Å². The summed E-state index contributed by atoms with van der Waals surface area (Å²) in [5, 5.41) is 0. The summed E-state index contributed by atoms with van der Waals surface area (Å²) in [7, 11) is 0. The van der Waals surface area contributed by atoms with Crippen LogP contribution in [0.2, 0.25) is 0 Å². The zero-order valence-electron chi connectivity index (χ0n) is 11.1. The number of halogens is 3. The largest absolute Gasteiger partial charge is 0.0786 e. The van der Waals surface area contributed by atoms with Crippen molar-refractivity contribution in [1.82, 2.24) is 0 Å². The molecule has 0 N–H and O–H groups in total. The quantitative estimate of drug-likeness (QED) is 0.332. The molecule has 3 heteroatoms. The van der Waals surface area contributed by atoms with Crippen molar-refractivity contribution in [1.29, 1.82) is 0 Å². The second-order valence-electron chi connectivity index (χ2n) is 4.84. The lowest BCUT2D eigenvalue weighted by Gasteiger charge is -2.19. The molecule has 0 amide bonds. The van der Waals surface area contributed by atoms with Gasteiger partial charge in [0.15, 0.2) is 0 Å². The Morgan fingerprint density at radius 1 is 1.00 bits per heavy atom. The van der Waals surface area contributed by atoms with Gasteiger partial charge in [-0.3, -0.25) is 0 Å². The summed E-state index contributed by atoms with van der Waals surface area (Å²) in [6.07, 6.45) is 0. The third-order valence-electron chi connectivity index (χ3n) is 3.22. The van der Waals surface area contributed by atoms with Crippen molar-refractivity contribution in [2.45, 2.75) is 25.6 Å². The maximum absolute atomic E-state index is 3.88. The second-order valence-corrected chi connectivity index (χ2v) is 7.83. The van der Waals surface area contributed by atoms with Crippen LogP contribution in [0.5, 0.6) is 0 Å². The van der Waals surface area contributed by atoms with E-state index in [0.29, 0.717) is 0 Å². The van der Waals surface area contributed by atoms with Crippen LogP contribution in [0.15, 0.2) is 34.8 Å². The SMILES string of the molecule is Cc1cc(C)c(C(Br)c2cc(Br)ccc2I)c(C)c1. The van der Waals surface area contributed by atoms with Gasteiger partial charge >= 0.3 is 0 Å². The predicted molar refractivity (Wildman–Crippen MR) is 98.3 cm³/mol. The van der Waals surface area contributed by atoms with E-state index >= 15 is 0 Å². The van der Waals surface area contributed by atoms with Gasteiger partial charge in [0.05, 0.1) is 4.83 Å². The molecule has 0 fully saturated rings. The molecule has 1 unspecified atom stereocenters. The zero-order chi connectivity index (χ0) is 14.2. The van der Waals surface area contributed by atoms with Crippen molar-refractivity contribution in [3.05, 3.63) is 66.2 Å². The molecule has 100 valence electrons. The van der Waals surface area contributed by atoms with Gasteiger partial charge in [-0.15, -0.1) is 0 Å². The first-order valence-electron chi connectivity index (χ1n) is 6.07. The van der Waals surface area contributed by atoms with Crippen LogP contribution in [0.4, 0.5) is 0 Å². The van der Waals surface area contributed by atoms with E-state index in [-0.39, 0.29) is 4.83 Å². The standard InChI is InChI=1S/C16H15Br2I/c1-9-6-10(2)15(11(3)7-9)16(18)13-8-12(17)4-5-14(13)19/h4-8,16H,1-3H3. The Kier molecular flexibility index (Phi) is 5.12. The Balaban J connectivity index is 2.56. The molecule has 0 saturated heterocycles. The lowest BCUT2D eigenvalue weighted by atomic mass is 9.94. The average molecular weight is 494 g/mol. The third kappa shape index (κ3) is 3.42. The van der Waals surface area contributed by atoms with Gasteiger partial charge in [0.1, 0.15) is 0 Å². The molecule has 2 aromatic rings. The van der Waals surface area contributed by atoms with E-state index in [1.165, 1.54) is 31.4 Å². The Morgan fingerprint density at radius 2 is 1.58 bits per heavy atom. The van der Waals surface area contributed by atoms with Crippen molar-refractivity contribution in [3.63, 3.8) is 0 Å². The molecule has 0 saturated carbocycles. The van der Waals surface area contributed by atoms with Gasteiger partial charge in [-0.1, -0.05) is 49.6 Å². The van der Waals surface area contributed by atoms with Crippen LogP contribution in [0.25, 0.3) is 0 Å². The molecule has 0 aliphatic carbocycles. The monoisotopic (exact) mass is 492 g/mol. The van der Waals surface area contributed by atoms with Gasteiger partial charge in [0.25, 0.3) is 0 Å². The van der Waals surface area contributed by atoms with Crippen LogP contribution in [0.1, 0.15) is 32.6 Å². The summed E-state index contributed by atoms with van der Waals surface area (Å²) < 4.78 is 2.40. The van der Waals surface area contributed by atoms with Gasteiger partial charge < -0.3 is 0 Å². The van der Waals surface area contributed by atoms with Crippen molar-refractivity contribution >= 4 is 54.5 Å². The Bertz CT molecular complexity index is 597. The van der Waals surface area contributed by atoms with Crippen LogP contribution in [0.3, 0.4) is 0 Å². The summed E-state index contributed by atoms with van der Waals surface area (Å²) in [4.78, 5) is 0.234. The molecule has 1 atom stereocenters. The highest BCUT2D eigenvalue weighted by Gasteiger charge is 2.18. The lowest BCUT2D eigenvalue weighted by Crippen LogP contribution is -2.02. The van der Waals surface area contributed by atoms with Gasteiger partial charge in [0, 0.05) is 8.04 Å². The van der Waals surface area contributed by atoms with Crippen molar-refractivity contribution in [2.24, 2.45) is 0 Å². The number of aryl methyl sites for hydroxylation is 3. The zero-order valence-corrected chi connectivity index (χ0v) is 16.4. The van der Waals surface area contributed by atoms with Crippen molar-refractivity contribution < 1.29 is 0 Å². The fraction of sp³-hybridized carbons (Fsp3) is 0.250. The summed E-state index contributed by atoms with van der Waals surface area (Å²) in [6.45, 7) is 6.53. The minimum atomic E-state index is 0.234. The number of rotatable bonds is 2. The molecular formula is C16H15Br2I. The Morgan fingerprint density at radius 3 is 2.16 bits per heavy atom. The summed E-state index contributed by atoms with van der Waals surface area (Å²) in [5.41, 5.74) is 6.69. The first-order chi connectivity index (χ1) is 8.90. The molecule has 0 radical (unpaired) electrons. The van der Waals surface area contributed by atoms with E-state index in [4.69, 9.17) is 0 Å². The highest BCUT2D eigenvalue weighted by Crippen LogP contribution is 2.38. The third-order valence-corrected chi connectivity index (χ3v) is 5.65. The van der Waals surface area contributed by atoms with Gasteiger partial charge in [-0.05, 0) is 83.8 Å². The number of alkyl halides is 1. The summed E-state index contributed by atoms with van der Waals surface area (Å²) in [5.74, 6) is 0. The molecule has 19 heavy (non-hydrogen) atoms. The summed E-state index contributed by atoms with van der Waals surface area (Å²) >= 11 is 9.84. The minimum Gasteiger partial charge on any atom is -0.0786 e. The van der Waals surface area contributed by atoms with Crippen molar-refractivity contribution in [2.75, 3.05) is 0 Å². The van der Waals surface area contributed by atoms with Crippen LogP contribution in [0, 0.1) is 24.3 Å². The molecule has 2 rings (SSSR count). The highest BCUT2D eigenvalue weighted by atomic mass is 127. The fourth-order valence-corrected chi connectivity index (χ4v) is 5.01. The molecule has 2 aromatic carbocycles. The lowest BCUT2D eigenvalue weighted by molar-refractivity contribution is 1.09. The number of hydrogen-bond acceptors (Lipinski definition) is 0. The first-order valence-corrected chi connectivity index (χ1v) is 8.85. The molecule has 0 bridgehead atoms. The molecule has 0 heterocycles. The van der Waals surface area contributed by atoms with E-state index in [0.717, 1.165) is 4.47 Å². The van der Waals surface area contributed by atoms with E-state index in [2.05, 4.69) is 106 Å². The Hall–Kier alpha value is 0.130. The van der Waals surface area contributed by atoms with Crippen LogP contribution in [-0.2, 0) is 0 Å². The minimum absolute atomic E-state index is 0.234. The number of hydrogen-bond donors (Lipinski definition) is 0. The molecule has 0 nitrogen and oxygen atoms in total. The average Bonchev–Trinajstić information content (AvgIpc) is 2.30. The molecule has 0 aliphatic rings. The fourth-order valence-electron chi connectivity index (χ4n) is 2.46. The van der Waals surface area contributed by atoms with E-state index < -0.39 is 0 Å². The van der Waals surface area contributed by atoms with E-state index in [1.807, 2.05) is 0 Å². The van der Waals surface area contributed by atoms with Crippen LogP contribution in [-0.4, -0.2) is 0 Å². The first kappa shape index (κ1) is 15.5.